The summed E-state index contributed by atoms with van der Waals surface area (Å²) in [5.41, 5.74) is 1.80. The van der Waals surface area contributed by atoms with E-state index in [9.17, 15) is 14.4 Å². The van der Waals surface area contributed by atoms with Gasteiger partial charge in [0.25, 0.3) is 11.8 Å². The van der Waals surface area contributed by atoms with Crippen molar-refractivity contribution in [3.63, 3.8) is 0 Å². The summed E-state index contributed by atoms with van der Waals surface area (Å²) in [6.07, 6.45) is 0. The van der Waals surface area contributed by atoms with Gasteiger partial charge in [-0.2, -0.15) is 0 Å². The summed E-state index contributed by atoms with van der Waals surface area (Å²) >= 11 is 6.36. The second-order valence-corrected chi connectivity index (χ2v) is 8.21. The zero-order valence-corrected chi connectivity index (χ0v) is 19.1. The quantitative estimate of drug-likeness (QED) is 0.193. The van der Waals surface area contributed by atoms with Crippen LogP contribution in [0, 0.1) is 0 Å². The van der Waals surface area contributed by atoms with Gasteiger partial charge in [0.1, 0.15) is 6.61 Å². The Morgan fingerprint density at radius 1 is 0.771 bits per heavy atom. The number of imide groups is 1. The van der Waals surface area contributed by atoms with Crippen LogP contribution in [-0.2, 0) is 6.61 Å². The van der Waals surface area contributed by atoms with Crippen LogP contribution in [0.5, 0.6) is 11.5 Å². The van der Waals surface area contributed by atoms with Crippen LogP contribution in [0.25, 0.3) is 0 Å². The maximum absolute atomic E-state index is 13.2. The maximum Gasteiger partial charge on any atom is 0.343 e. The molecule has 1 heterocycles. The molecule has 35 heavy (non-hydrogen) atoms. The van der Waals surface area contributed by atoms with Gasteiger partial charge in [0, 0.05) is 11.1 Å². The Kier molecular flexibility index (Phi) is 6.04. The van der Waals surface area contributed by atoms with Crippen LogP contribution in [0.3, 0.4) is 0 Å². The molecule has 0 spiro atoms. The van der Waals surface area contributed by atoms with Crippen LogP contribution < -0.4 is 14.4 Å². The van der Waals surface area contributed by atoms with Crippen LogP contribution in [-0.4, -0.2) is 17.8 Å². The molecule has 0 aliphatic carbocycles. The summed E-state index contributed by atoms with van der Waals surface area (Å²) in [5.74, 6) is -1.62. The molecule has 0 radical (unpaired) electrons. The van der Waals surface area contributed by atoms with Crippen LogP contribution >= 0.6 is 11.6 Å². The van der Waals surface area contributed by atoms with Gasteiger partial charge in [-0.05, 0) is 35.9 Å². The van der Waals surface area contributed by atoms with Crippen molar-refractivity contribution in [2.45, 2.75) is 6.61 Å². The van der Waals surface area contributed by atoms with Crippen molar-refractivity contribution in [3.8, 4) is 11.5 Å². The molecule has 0 saturated carbocycles. The highest BCUT2D eigenvalue weighted by atomic mass is 35.5. The minimum Gasteiger partial charge on any atom is -0.483 e. The highest BCUT2D eigenvalue weighted by molar-refractivity contribution is 6.36. The van der Waals surface area contributed by atoms with Gasteiger partial charge in [-0.15, -0.1) is 0 Å². The van der Waals surface area contributed by atoms with Gasteiger partial charge >= 0.3 is 5.97 Å². The van der Waals surface area contributed by atoms with Gasteiger partial charge < -0.3 is 9.47 Å². The summed E-state index contributed by atoms with van der Waals surface area (Å²) < 4.78 is 11.7. The predicted molar refractivity (Wildman–Crippen MR) is 131 cm³/mol. The van der Waals surface area contributed by atoms with E-state index in [4.69, 9.17) is 21.1 Å². The van der Waals surface area contributed by atoms with E-state index < -0.39 is 17.8 Å². The molecule has 7 heteroatoms. The van der Waals surface area contributed by atoms with Crippen LogP contribution in [0.15, 0.2) is 97.1 Å². The molecule has 172 valence electrons. The number of hydrogen-bond acceptors (Lipinski definition) is 5. The van der Waals surface area contributed by atoms with Gasteiger partial charge in [0.2, 0.25) is 0 Å². The molecule has 4 aromatic rings. The molecule has 0 atom stereocenters. The molecule has 5 rings (SSSR count). The van der Waals surface area contributed by atoms with Crippen molar-refractivity contribution in [2.24, 2.45) is 0 Å². The first-order valence-electron chi connectivity index (χ1n) is 10.8. The zero-order chi connectivity index (χ0) is 24.4. The lowest BCUT2D eigenvalue weighted by molar-refractivity contribution is 0.0728. The summed E-state index contributed by atoms with van der Waals surface area (Å²) in [6, 6.07) is 27.2. The van der Waals surface area contributed by atoms with E-state index in [1.807, 2.05) is 30.3 Å². The van der Waals surface area contributed by atoms with Crippen molar-refractivity contribution in [3.05, 3.63) is 124 Å². The largest absolute Gasteiger partial charge is 0.483 e. The van der Waals surface area contributed by atoms with Crippen LogP contribution in [0.4, 0.5) is 5.69 Å². The van der Waals surface area contributed by atoms with Crippen molar-refractivity contribution in [1.82, 2.24) is 0 Å². The fourth-order valence-corrected chi connectivity index (χ4v) is 4.02. The molecule has 0 fully saturated rings. The molecular weight excluding hydrogens is 466 g/mol. The van der Waals surface area contributed by atoms with Gasteiger partial charge in [0.15, 0.2) is 11.5 Å². The Morgan fingerprint density at radius 2 is 1.34 bits per heavy atom. The summed E-state index contributed by atoms with van der Waals surface area (Å²) in [4.78, 5) is 40.2. The van der Waals surface area contributed by atoms with Crippen LogP contribution in [0.1, 0.15) is 36.6 Å². The number of anilines is 1. The predicted octanol–water partition coefficient (Wildman–Crippen LogP) is 5.94. The SMILES string of the molecule is O=C(Oc1cc(Cl)cc(N2C(=O)c3ccccc3C2=O)c1OCc1ccccc1)c1ccccc1. The monoisotopic (exact) mass is 483 g/mol. The molecule has 0 saturated heterocycles. The normalized spacial score (nSPS) is 12.4. The maximum atomic E-state index is 13.2. The van der Waals surface area contributed by atoms with E-state index in [0.29, 0.717) is 5.56 Å². The first kappa shape index (κ1) is 22.4. The Balaban J connectivity index is 1.58. The van der Waals surface area contributed by atoms with Crippen molar-refractivity contribution in [2.75, 3.05) is 4.90 Å². The lowest BCUT2D eigenvalue weighted by Gasteiger charge is -2.21. The number of carbonyl (C=O) groups excluding carboxylic acids is 3. The minimum atomic E-state index is -0.634. The highest BCUT2D eigenvalue weighted by Crippen LogP contribution is 2.44. The number of rotatable bonds is 6. The average Bonchev–Trinajstić information content (AvgIpc) is 3.14. The molecule has 2 amide bonds. The molecule has 0 bridgehead atoms. The molecule has 0 unspecified atom stereocenters. The second kappa shape index (κ2) is 9.44. The van der Waals surface area contributed by atoms with E-state index in [2.05, 4.69) is 0 Å². The fraction of sp³-hybridized carbons (Fsp3) is 0.0357. The lowest BCUT2D eigenvalue weighted by atomic mass is 10.1. The van der Waals surface area contributed by atoms with Gasteiger partial charge in [-0.25, -0.2) is 9.69 Å². The fourth-order valence-electron chi connectivity index (χ4n) is 3.81. The molecule has 6 nitrogen and oxygen atoms in total. The van der Waals surface area contributed by atoms with E-state index in [1.165, 1.54) is 12.1 Å². The first-order chi connectivity index (χ1) is 17.0. The Hall–Kier alpha value is -4.42. The van der Waals surface area contributed by atoms with Crippen molar-refractivity contribution in [1.29, 1.82) is 0 Å². The smallest absolute Gasteiger partial charge is 0.343 e. The molecule has 0 aromatic heterocycles. The van der Waals surface area contributed by atoms with E-state index >= 15 is 0 Å². The van der Waals surface area contributed by atoms with Crippen molar-refractivity contribution >= 4 is 35.1 Å². The van der Waals surface area contributed by atoms with Gasteiger partial charge in [-0.1, -0.05) is 72.3 Å². The number of halogens is 1. The number of carbonyl (C=O) groups is 3. The second-order valence-electron chi connectivity index (χ2n) is 7.77. The lowest BCUT2D eigenvalue weighted by Crippen LogP contribution is -2.30. The topological polar surface area (TPSA) is 72.9 Å². The standard InChI is InChI=1S/C28H18ClNO5/c29-20-15-23(30-26(31)21-13-7-8-14-22(21)27(30)32)25(34-17-18-9-3-1-4-10-18)24(16-20)35-28(33)19-11-5-2-6-12-19/h1-16H,17H2. The minimum absolute atomic E-state index is 0.00570. The van der Waals surface area contributed by atoms with E-state index in [-0.39, 0.29) is 39.9 Å². The number of esters is 1. The first-order valence-corrected chi connectivity index (χ1v) is 11.2. The number of hydrogen-bond donors (Lipinski definition) is 0. The summed E-state index contributed by atoms with van der Waals surface area (Å²) in [7, 11) is 0. The molecule has 0 N–H and O–H groups in total. The van der Waals surface area contributed by atoms with Gasteiger partial charge in [0.05, 0.1) is 22.4 Å². The summed E-state index contributed by atoms with van der Waals surface area (Å²) in [5, 5.41) is 0.166. The number of fused-ring (bicyclic) bond motifs is 1. The number of ether oxygens (including phenoxy) is 2. The molecule has 1 aliphatic heterocycles. The highest BCUT2D eigenvalue weighted by Gasteiger charge is 2.39. The van der Waals surface area contributed by atoms with Gasteiger partial charge in [-0.3, -0.25) is 9.59 Å². The molecule has 1 aliphatic rings. The Labute approximate surface area is 206 Å². The number of nitrogens with zero attached hydrogens (tertiary/aromatic N) is 1. The average molecular weight is 484 g/mol. The zero-order valence-electron chi connectivity index (χ0n) is 18.3. The molecule has 4 aromatic carbocycles. The number of benzene rings is 4. The summed E-state index contributed by atoms with van der Waals surface area (Å²) in [6.45, 7) is 0.106. The van der Waals surface area contributed by atoms with E-state index in [0.717, 1.165) is 10.5 Å². The molecular formula is C28H18ClNO5. The third-order valence-corrected chi connectivity index (χ3v) is 5.69. The van der Waals surface area contributed by atoms with E-state index in [1.54, 1.807) is 54.6 Å². The third-order valence-electron chi connectivity index (χ3n) is 5.47. The third kappa shape index (κ3) is 4.39. The number of amides is 2. The Morgan fingerprint density at radius 3 is 1.97 bits per heavy atom. The van der Waals surface area contributed by atoms with Crippen LogP contribution in [0.2, 0.25) is 5.02 Å². The van der Waals surface area contributed by atoms with Crippen molar-refractivity contribution < 1.29 is 23.9 Å². The Bertz CT molecular complexity index is 1400.